The minimum absolute atomic E-state index is 0.169. The van der Waals surface area contributed by atoms with Gasteiger partial charge in [-0.1, -0.05) is 57.6 Å². The number of carbonyl (C=O) groups is 1. The largest absolute Gasteiger partial charge is 0.484 e. The molecular formula is C22H16BrFN2O2S. The van der Waals surface area contributed by atoms with Crippen molar-refractivity contribution in [2.75, 3.05) is 11.5 Å². The molecule has 0 unspecified atom stereocenters. The van der Waals surface area contributed by atoms with Crippen molar-refractivity contribution in [3.05, 3.63) is 88.6 Å². The van der Waals surface area contributed by atoms with Gasteiger partial charge in [0.05, 0.1) is 16.8 Å². The first kappa shape index (κ1) is 19.5. The van der Waals surface area contributed by atoms with Gasteiger partial charge >= 0.3 is 0 Å². The Labute approximate surface area is 179 Å². The molecule has 0 aliphatic heterocycles. The number of aromatic nitrogens is 1. The van der Waals surface area contributed by atoms with Gasteiger partial charge in [-0.05, 0) is 48.0 Å². The number of hydrogen-bond donors (Lipinski definition) is 0. The van der Waals surface area contributed by atoms with Crippen LogP contribution in [0.25, 0.3) is 10.2 Å². The number of benzene rings is 3. The summed E-state index contributed by atoms with van der Waals surface area (Å²) in [6.07, 6.45) is 0. The van der Waals surface area contributed by atoms with E-state index in [9.17, 15) is 9.18 Å². The molecule has 4 aromatic rings. The Hall–Kier alpha value is -2.77. The molecule has 4 rings (SSSR count). The predicted molar refractivity (Wildman–Crippen MR) is 117 cm³/mol. The van der Waals surface area contributed by atoms with E-state index in [-0.39, 0.29) is 18.3 Å². The molecule has 146 valence electrons. The highest BCUT2D eigenvalue weighted by Crippen LogP contribution is 2.32. The highest BCUT2D eigenvalue weighted by molar-refractivity contribution is 9.10. The van der Waals surface area contributed by atoms with Gasteiger partial charge in [-0.2, -0.15) is 0 Å². The number of rotatable bonds is 6. The van der Waals surface area contributed by atoms with Gasteiger partial charge in [-0.3, -0.25) is 9.69 Å². The second kappa shape index (κ2) is 8.71. The smallest absolute Gasteiger partial charge is 0.267 e. The number of thiazole rings is 1. The summed E-state index contributed by atoms with van der Waals surface area (Å²) in [6, 6.07) is 21.1. The van der Waals surface area contributed by atoms with E-state index in [1.165, 1.54) is 35.6 Å². The fraction of sp³-hybridized carbons (Fsp3) is 0.0909. The second-order valence-electron chi connectivity index (χ2n) is 6.32. The standard InChI is InChI=1S/C22H16BrFN2O2S/c23-16-6-11-19-20(12-16)29-22(25-19)26(13-15-4-2-1-3-5-15)21(27)14-28-18-9-7-17(24)8-10-18/h1-12H,13-14H2. The fourth-order valence-corrected chi connectivity index (χ4v) is 4.32. The summed E-state index contributed by atoms with van der Waals surface area (Å²) in [7, 11) is 0. The van der Waals surface area contributed by atoms with E-state index in [1.54, 1.807) is 4.90 Å². The summed E-state index contributed by atoms with van der Waals surface area (Å²) in [5.74, 6) is -0.140. The molecular weight excluding hydrogens is 455 g/mol. The van der Waals surface area contributed by atoms with E-state index in [0.717, 1.165) is 20.3 Å². The summed E-state index contributed by atoms with van der Waals surface area (Å²) < 4.78 is 20.6. The van der Waals surface area contributed by atoms with E-state index in [0.29, 0.717) is 17.4 Å². The Kier molecular flexibility index (Phi) is 5.87. The Balaban J connectivity index is 1.59. The van der Waals surface area contributed by atoms with Crippen LogP contribution in [0, 0.1) is 5.82 Å². The van der Waals surface area contributed by atoms with Gasteiger partial charge in [-0.25, -0.2) is 9.37 Å². The maximum absolute atomic E-state index is 13.1. The molecule has 4 nitrogen and oxygen atoms in total. The van der Waals surface area contributed by atoms with Crippen molar-refractivity contribution in [1.29, 1.82) is 0 Å². The molecule has 29 heavy (non-hydrogen) atoms. The molecule has 0 aliphatic rings. The van der Waals surface area contributed by atoms with E-state index in [4.69, 9.17) is 4.74 Å². The van der Waals surface area contributed by atoms with Crippen LogP contribution in [0.3, 0.4) is 0 Å². The first-order chi connectivity index (χ1) is 14.1. The first-order valence-corrected chi connectivity index (χ1v) is 10.5. The monoisotopic (exact) mass is 470 g/mol. The van der Waals surface area contributed by atoms with Gasteiger partial charge in [0.2, 0.25) is 0 Å². The summed E-state index contributed by atoms with van der Waals surface area (Å²) >= 11 is 4.92. The molecule has 0 N–H and O–H groups in total. The Bertz CT molecular complexity index is 1130. The van der Waals surface area contributed by atoms with Gasteiger partial charge in [0.1, 0.15) is 11.6 Å². The maximum Gasteiger partial charge on any atom is 0.267 e. The third kappa shape index (κ3) is 4.81. The van der Waals surface area contributed by atoms with Crippen LogP contribution >= 0.6 is 27.3 Å². The number of halogens is 2. The number of fused-ring (bicyclic) bond motifs is 1. The number of carbonyl (C=O) groups excluding carboxylic acids is 1. The average Bonchev–Trinajstić information content (AvgIpc) is 3.15. The minimum atomic E-state index is -0.352. The van der Waals surface area contributed by atoms with Crippen molar-refractivity contribution < 1.29 is 13.9 Å². The van der Waals surface area contributed by atoms with Crippen LogP contribution in [0.5, 0.6) is 5.75 Å². The van der Waals surface area contributed by atoms with Crippen LogP contribution in [0.2, 0.25) is 0 Å². The van der Waals surface area contributed by atoms with Crippen molar-refractivity contribution in [3.63, 3.8) is 0 Å². The maximum atomic E-state index is 13.1. The van der Waals surface area contributed by atoms with Gasteiger partial charge in [0.25, 0.3) is 5.91 Å². The third-order valence-corrected chi connectivity index (χ3v) is 5.77. The van der Waals surface area contributed by atoms with Crippen molar-refractivity contribution >= 4 is 48.5 Å². The number of nitrogens with zero attached hydrogens (tertiary/aromatic N) is 2. The minimum Gasteiger partial charge on any atom is -0.484 e. The van der Waals surface area contributed by atoms with Gasteiger partial charge < -0.3 is 4.74 Å². The zero-order valence-corrected chi connectivity index (χ0v) is 17.6. The Morgan fingerprint density at radius 3 is 2.59 bits per heavy atom. The summed E-state index contributed by atoms with van der Waals surface area (Å²) in [5, 5.41) is 0.606. The number of ether oxygens (including phenoxy) is 1. The summed E-state index contributed by atoms with van der Waals surface area (Å²) in [5.41, 5.74) is 1.82. The van der Waals surface area contributed by atoms with Crippen LogP contribution in [0.1, 0.15) is 5.56 Å². The lowest BCUT2D eigenvalue weighted by Gasteiger charge is -2.20. The molecule has 0 spiro atoms. The molecule has 1 amide bonds. The summed E-state index contributed by atoms with van der Waals surface area (Å²) in [4.78, 5) is 19.3. The molecule has 7 heteroatoms. The highest BCUT2D eigenvalue weighted by Gasteiger charge is 2.21. The van der Waals surface area contributed by atoms with Crippen molar-refractivity contribution in [2.24, 2.45) is 0 Å². The molecule has 0 aliphatic carbocycles. The highest BCUT2D eigenvalue weighted by atomic mass is 79.9. The Morgan fingerprint density at radius 1 is 1.07 bits per heavy atom. The topological polar surface area (TPSA) is 42.4 Å². The first-order valence-electron chi connectivity index (χ1n) is 8.87. The normalized spacial score (nSPS) is 10.8. The van der Waals surface area contributed by atoms with E-state index >= 15 is 0 Å². The molecule has 0 fully saturated rings. The molecule has 1 aromatic heterocycles. The van der Waals surface area contributed by atoms with Gasteiger partial charge in [-0.15, -0.1) is 0 Å². The van der Waals surface area contributed by atoms with Gasteiger partial charge in [0, 0.05) is 4.47 Å². The molecule has 0 bridgehead atoms. The van der Waals surface area contributed by atoms with Crippen LogP contribution in [-0.2, 0) is 11.3 Å². The number of hydrogen-bond acceptors (Lipinski definition) is 4. The molecule has 0 atom stereocenters. The Morgan fingerprint density at radius 2 is 1.83 bits per heavy atom. The number of anilines is 1. The lowest BCUT2D eigenvalue weighted by molar-refractivity contribution is -0.120. The molecule has 3 aromatic carbocycles. The lowest BCUT2D eigenvalue weighted by atomic mass is 10.2. The van der Waals surface area contributed by atoms with Crippen molar-refractivity contribution in [3.8, 4) is 5.75 Å². The van der Waals surface area contributed by atoms with E-state index in [1.807, 2.05) is 48.5 Å². The SMILES string of the molecule is O=C(COc1ccc(F)cc1)N(Cc1ccccc1)c1nc2ccc(Br)cc2s1. The lowest BCUT2D eigenvalue weighted by Crippen LogP contribution is -2.34. The summed E-state index contributed by atoms with van der Waals surface area (Å²) in [6.45, 7) is 0.214. The fourth-order valence-electron chi connectivity index (χ4n) is 2.78. The quantitative estimate of drug-likeness (QED) is 0.357. The van der Waals surface area contributed by atoms with Crippen LogP contribution < -0.4 is 9.64 Å². The van der Waals surface area contributed by atoms with Crippen LogP contribution in [0.4, 0.5) is 9.52 Å². The molecule has 0 radical (unpaired) electrons. The second-order valence-corrected chi connectivity index (χ2v) is 8.24. The molecule has 0 saturated carbocycles. The van der Waals surface area contributed by atoms with Crippen molar-refractivity contribution in [1.82, 2.24) is 4.98 Å². The zero-order chi connectivity index (χ0) is 20.2. The predicted octanol–water partition coefficient (Wildman–Crippen LogP) is 5.81. The van der Waals surface area contributed by atoms with E-state index in [2.05, 4.69) is 20.9 Å². The zero-order valence-electron chi connectivity index (χ0n) is 15.2. The molecule has 0 saturated heterocycles. The van der Waals surface area contributed by atoms with E-state index < -0.39 is 0 Å². The molecule has 1 heterocycles. The van der Waals surface area contributed by atoms with Crippen LogP contribution in [-0.4, -0.2) is 17.5 Å². The average molecular weight is 471 g/mol. The van der Waals surface area contributed by atoms with Crippen molar-refractivity contribution in [2.45, 2.75) is 6.54 Å². The number of amides is 1. The van der Waals surface area contributed by atoms with Gasteiger partial charge in [0.15, 0.2) is 11.7 Å². The third-order valence-electron chi connectivity index (χ3n) is 4.23. The van der Waals surface area contributed by atoms with Crippen LogP contribution in [0.15, 0.2) is 77.3 Å².